The second-order valence-corrected chi connectivity index (χ2v) is 8.00. The minimum absolute atomic E-state index is 0.155. The minimum atomic E-state index is -0.270. The topological polar surface area (TPSA) is 33.1 Å². The van der Waals surface area contributed by atoms with E-state index in [0.717, 1.165) is 22.8 Å². The van der Waals surface area contributed by atoms with E-state index >= 15 is 0 Å². The molecule has 4 nitrogen and oxygen atoms in total. The summed E-state index contributed by atoms with van der Waals surface area (Å²) >= 11 is 5.78. The van der Waals surface area contributed by atoms with Gasteiger partial charge in [-0.05, 0) is 73.7 Å². The molecule has 0 aliphatic carbocycles. The van der Waals surface area contributed by atoms with Crippen LogP contribution in [0.2, 0.25) is 0 Å². The number of hydrogen-bond donors (Lipinski definition) is 1. The predicted octanol–water partition coefficient (Wildman–Crippen LogP) is 5.50. The SMILES string of the molecule is Cc1ccc(N2C(=S)N[C@H](c3ccccn3)[C@@H]2c2cccn2-c2cccc(F)c2)cc1. The van der Waals surface area contributed by atoms with Crippen molar-refractivity contribution < 1.29 is 4.39 Å². The monoisotopic (exact) mass is 428 g/mol. The van der Waals surface area contributed by atoms with Gasteiger partial charge in [0, 0.05) is 29.5 Å². The van der Waals surface area contributed by atoms with Crippen LogP contribution in [0, 0.1) is 12.7 Å². The summed E-state index contributed by atoms with van der Waals surface area (Å²) in [4.78, 5) is 6.72. The maximum Gasteiger partial charge on any atom is 0.174 e. The number of anilines is 1. The van der Waals surface area contributed by atoms with Gasteiger partial charge in [0.2, 0.25) is 0 Å². The van der Waals surface area contributed by atoms with Crippen molar-refractivity contribution >= 4 is 23.0 Å². The summed E-state index contributed by atoms with van der Waals surface area (Å²) in [5, 5.41) is 4.10. The van der Waals surface area contributed by atoms with Gasteiger partial charge >= 0.3 is 0 Å². The van der Waals surface area contributed by atoms with Crippen LogP contribution in [0.4, 0.5) is 10.1 Å². The molecule has 0 saturated carbocycles. The zero-order valence-electron chi connectivity index (χ0n) is 16.9. The van der Waals surface area contributed by atoms with Gasteiger partial charge in [0.25, 0.3) is 0 Å². The molecule has 0 spiro atoms. The van der Waals surface area contributed by atoms with E-state index in [1.165, 1.54) is 17.7 Å². The van der Waals surface area contributed by atoms with Crippen molar-refractivity contribution in [1.82, 2.24) is 14.9 Å². The molecule has 2 atom stereocenters. The molecule has 1 N–H and O–H groups in total. The number of thiocarbonyl (C=S) groups is 1. The summed E-state index contributed by atoms with van der Waals surface area (Å²) in [5.74, 6) is -0.270. The Hall–Kier alpha value is -3.51. The van der Waals surface area contributed by atoms with Crippen LogP contribution in [-0.4, -0.2) is 14.7 Å². The minimum Gasteiger partial charge on any atom is -0.351 e. The molecule has 31 heavy (non-hydrogen) atoms. The van der Waals surface area contributed by atoms with E-state index < -0.39 is 0 Å². The average Bonchev–Trinajstić information content (AvgIpc) is 3.39. The molecule has 1 aliphatic heterocycles. The van der Waals surface area contributed by atoms with Gasteiger partial charge in [-0.1, -0.05) is 29.8 Å². The molecule has 1 fully saturated rings. The Bertz CT molecular complexity index is 1220. The number of rotatable bonds is 4. The van der Waals surface area contributed by atoms with E-state index in [4.69, 9.17) is 12.2 Å². The van der Waals surface area contributed by atoms with Crippen molar-refractivity contribution in [2.75, 3.05) is 4.90 Å². The van der Waals surface area contributed by atoms with Crippen LogP contribution in [0.3, 0.4) is 0 Å². The molecule has 6 heteroatoms. The number of nitrogens with zero attached hydrogens (tertiary/aromatic N) is 3. The van der Waals surface area contributed by atoms with Crippen LogP contribution in [0.1, 0.15) is 29.0 Å². The lowest BCUT2D eigenvalue weighted by molar-refractivity contribution is 0.549. The summed E-state index contributed by atoms with van der Waals surface area (Å²) in [6, 6.07) is 24.5. The third-order valence-electron chi connectivity index (χ3n) is 5.58. The standard InChI is InChI=1S/C25H21FN4S/c1-17-10-12-19(13-11-17)30-24(23(28-25(30)31)21-8-2-3-14-27-21)22-9-5-15-29(22)20-7-4-6-18(26)16-20/h2-16,23-24H,1H3,(H,28,31)/t23-,24+/m1/s1. The van der Waals surface area contributed by atoms with Crippen LogP contribution in [0.15, 0.2) is 91.3 Å². The lowest BCUT2D eigenvalue weighted by Gasteiger charge is -2.29. The summed E-state index contributed by atoms with van der Waals surface area (Å²) in [5.41, 5.74) is 4.84. The fraction of sp³-hybridized carbons (Fsp3) is 0.120. The number of pyridine rings is 1. The highest BCUT2D eigenvalue weighted by Crippen LogP contribution is 2.42. The van der Waals surface area contributed by atoms with Gasteiger partial charge in [0.15, 0.2) is 5.11 Å². The Morgan fingerprint density at radius 1 is 0.935 bits per heavy atom. The van der Waals surface area contributed by atoms with Gasteiger partial charge in [0.05, 0.1) is 11.7 Å². The van der Waals surface area contributed by atoms with Crippen molar-refractivity contribution in [1.29, 1.82) is 0 Å². The second-order valence-electron chi connectivity index (χ2n) is 7.62. The Morgan fingerprint density at radius 3 is 2.52 bits per heavy atom. The molecule has 0 radical (unpaired) electrons. The largest absolute Gasteiger partial charge is 0.351 e. The Balaban J connectivity index is 1.67. The van der Waals surface area contributed by atoms with Crippen LogP contribution >= 0.6 is 12.2 Å². The molecule has 0 amide bonds. The maximum atomic E-state index is 14.0. The van der Waals surface area contributed by atoms with Gasteiger partial charge in [-0.2, -0.15) is 0 Å². The normalized spacial score (nSPS) is 18.3. The van der Waals surface area contributed by atoms with Crippen LogP contribution < -0.4 is 10.2 Å². The summed E-state index contributed by atoms with van der Waals surface area (Å²) in [7, 11) is 0. The first kappa shape index (κ1) is 19.5. The molecular weight excluding hydrogens is 407 g/mol. The van der Waals surface area contributed by atoms with E-state index in [9.17, 15) is 4.39 Å². The Morgan fingerprint density at radius 2 is 1.77 bits per heavy atom. The van der Waals surface area contributed by atoms with E-state index in [-0.39, 0.29) is 17.9 Å². The van der Waals surface area contributed by atoms with Crippen LogP contribution in [0.5, 0.6) is 0 Å². The molecule has 0 unspecified atom stereocenters. The van der Waals surface area contributed by atoms with E-state index in [0.29, 0.717) is 5.11 Å². The highest BCUT2D eigenvalue weighted by atomic mass is 32.1. The number of hydrogen-bond acceptors (Lipinski definition) is 2. The second kappa shape index (κ2) is 7.96. The molecule has 3 heterocycles. The number of benzene rings is 2. The highest BCUT2D eigenvalue weighted by molar-refractivity contribution is 7.80. The van der Waals surface area contributed by atoms with Crippen molar-refractivity contribution in [3.05, 3.63) is 114 Å². The van der Waals surface area contributed by atoms with Crippen molar-refractivity contribution in [2.45, 2.75) is 19.0 Å². The van der Waals surface area contributed by atoms with Gasteiger partial charge in [-0.3, -0.25) is 4.98 Å². The first-order chi connectivity index (χ1) is 15.1. The molecular formula is C25H21FN4S. The molecule has 154 valence electrons. The van der Waals surface area contributed by atoms with E-state index in [1.54, 1.807) is 12.3 Å². The maximum absolute atomic E-state index is 14.0. The number of aryl methyl sites for hydroxylation is 1. The van der Waals surface area contributed by atoms with Gasteiger partial charge in [-0.15, -0.1) is 0 Å². The molecule has 1 saturated heterocycles. The molecule has 0 bridgehead atoms. The number of aromatic nitrogens is 2. The van der Waals surface area contributed by atoms with Crippen molar-refractivity contribution in [2.24, 2.45) is 0 Å². The zero-order chi connectivity index (χ0) is 21.4. The lowest BCUT2D eigenvalue weighted by atomic mass is 10.0. The van der Waals surface area contributed by atoms with Crippen molar-refractivity contribution in [3.8, 4) is 5.69 Å². The van der Waals surface area contributed by atoms with Gasteiger partial charge in [0.1, 0.15) is 11.9 Å². The fourth-order valence-corrected chi connectivity index (χ4v) is 4.48. The molecule has 2 aromatic heterocycles. The van der Waals surface area contributed by atoms with E-state index in [1.807, 2.05) is 41.1 Å². The summed E-state index contributed by atoms with van der Waals surface area (Å²) < 4.78 is 16.0. The molecule has 4 aromatic rings. The van der Waals surface area contributed by atoms with Gasteiger partial charge in [-0.25, -0.2) is 4.39 Å². The molecule has 5 rings (SSSR count). The average molecular weight is 429 g/mol. The van der Waals surface area contributed by atoms with Crippen LogP contribution in [0.25, 0.3) is 5.69 Å². The first-order valence-corrected chi connectivity index (χ1v) is 10.5. The third-order valence-corrected chi connectivity index (χ3v) is 5.89. The Labute approximate surface area is 186 Å². The quantitative estimate of drug-likeness (QED) is 0.435. The summed E-state index contributed by atoms with van der Waals surface area (Å²) in [6.45, 7) is 2.06. The zero-order valence-corrected chi connectivity index (χ0v) is 17.8. The van der Waals surface area contributed by atoms with Crippen LogP contribution in [-0.2, 0) is 0 Å². The van der Waals surface area contributed by atoms with E-state index in [2.05, 4.69) is 52.5 Å². The number of nitrogens with one attached hydrogen (secondary N) is 1. The Kier molecular flexibility index (Phi) is 5.00. The fourth-order valence-electron chi connectivity index (χ4n) is 4.14. The number of halogens is 1. The third kappa shape index (κ3) is 3.59. The first-order valence-electron chi connectivity index (χ1n) is 10.1. The summed E-state index contributed by atoms with van der Waals surface area (Å²) in [6.07, 6.45) is 3.74. The van der Waals surface area contributed by atoms with Crippen molar-refractivity contribution in [3.63, 3.8) is 0 Å². The molecule has 2 aromatic carbocycles. The smallest absolute Gasteiger partial charge is 0.174 e. The highest BCUT2D eigenvalue weighted by Gasteiger charge is 2.42. The lowest BCUT2D eigenvalue weighted by Crippen LogP contribution is -2.30. The molecule has 1 aliphatic rings. The van der Waals surface area contributed by atoms with Gasteiger partial charge < -0.3 is 14.8 Å². The predicted molar refractivity (Wildman–Crippen MR) is 125 cm³/mol.